The molecule has 0 aromatic heterocycles. The van der Waals surface area contributed by atoms with Crippen molar-refractivity contribution in [3.63, 3.8) is 0 Å². The highest BCUT2D eigenvalue weighted by Gasteiger charge is 2.26. The van der Waals surface area contributed by atoms with Crippen LogP contribution in [0.4, 0.5) is 5.69 Å². The molecule has 18 heavy (non-hydrogen) atoms. The third-order valence-corrected chi connectivity index (χ3v) is 3.99. The Morgan fingerprint density at radius 3 is 3.33 bits per heavy atom. The van der Waals surface area contributed by atoms with E-state index < -0.39 is 0 Å². The van der Waals surface area contributed by atoms with Crippen LogP contribution in [0.25, 0.3) is 0 Å². The number of carbonyl (C=O) groups excluding carboxylic acids is 1. The lowest BCUT2D eigenvalue weighted by atomic mass is 9.95. The van der Waals surface area contributed by atoms with Crippen molar-refractivity contribution in [2.24, 2.45) is 5.92 Å². The average Bonchev–Trinajstić information content (AvgIpc) is 2.84. The van der Waals surface area contributed by atoms with Gasteiger partial charge in [0.15, 0.2) is 0 Å². The minimum Gasteiger partial charge on any atom is -0.316 e. The Labute approximate surface area is 108 Å². The molecule has 1 unspecified atom stereocenters. The lowest BCUT2D eigenvalue weighted by molar-refractivity contribution is -0.119. The Hall–Kier alpha value is -1.35. The predicted molar refractivity (Wildman–Crippen MR) is 71.5 cm³/mol. The molecule has 1 radical (unpaired) electrons. The second-order valence-corrected chi connectivity index (χ2v) is 5.27. The van der Waals surface area contributed by atoms with E-state index >= 15 is 0 Å². The Morgan fingerprint density at radius 2 is 2.50 bits per heavy atom. The molecule has 0 aliphatic carbocycles. The number of nitrogens with one attached hydrogen (secondary N) is 1. The van der Waals surface area contributed by atoms with Crippen molar-refractivity contribution in [3.8, 4) is 0 Å². The summed E-state index contributed by atoms with van der Waals surface area (Å²) in [6.07, 6.45) is 4.04. The normalized spacial score (nSPS) is 22.9. The number of hydrogen-bond donors (Lipinski definition) is 1. The van der Waals surface area contributed by atoms with Crippen LogP contribution in [-0.2, 0) is 11.2 Å². The molecule has 3 rings (SSSR count). The zero-order valence-electron chi connectivity index (χ0n) is 10.6. The Morgan fingerprint density at radius 1 is 1.56 bits per heavy atom. The minimum atomic E-state index is 0.280. The highest BCUT2D eigenvalue weighted by Crippen LogP contribution is 2.28. The summed E-state index contributed by atoms with van der Waals surface area (Å²) < 4.78 is 0. The first-order valence-electron chi connectivity index (χ1n) is 6.84. The van der Waals surface area contributed by atoms with E-state index in [2.05, 4.69) is 17.4 Å². The number of rotatable bonds is 2. The molecule has 3 nitrogen and oxygen atoms in total. The largest absolute Gasteiger partial charge is 0.316 e. The number of carbonyl (C=O) groups is 1. The highest BCUT2D eigenvalue weighted by atomic mass is 16.2. The molecular weight excluding hydrogens is 224 g/mol. The van der Waals surface area contributed by atoms with Gasteiger partial charge in [-0.25, -0.2) is 0 Å². The van der Waals surface area contributed by atoms with Crippen molar-refractivity contribution in [2.45, 2.75) is 25.7 Å². The molecule has 1 fully saturated rings. The second kappa shape index (κ2) is 5.11. The van der Waals surface area contributed by atoms with Crippen molar-refractivity contribution < 1.29 is 4.79 Å². The quantitative estimate of drug-likeness (QED) is 0.858. The molecule has 95 valence electrons. The monoisotopic (exact) mass is 243 g/mol. The van der Waals surface area contributed by atoms with E-state index in [4.69, 9.17) is 0 Å². The third-order valence-electron chi connectivity index (χ3n) is 3.99. The number of nitrogens with zero attached hydrogens (tertiary/aromatic N) is 1. The van der Waals surface area contributed by atoms with Gasteiger partial charge in [0, 0.05) is 18.7 Å². The SMILES string of the molecule is O=C(CC1CCCNC1)N1CCc2cc[c]cc21. The van der Waals surface area contributed by atoms with Gasteiger partial charge in [-0.1, -0.05) is 12.1 Å². The standard InChI is InChI=1S/C15H19N2O/c18-15(10-12-4-3-8-16-11-12)17-9-7-13-5-1-2-6-14(13)17/h1,5-6,12,16H,3-4,7-11H2. The maximum Gasteiger partial charge on any atom is 0.227 e. The fourth-order valence-corrected chi connectivity index (χ4v) is 2.98. The number of fused-ring (bicyclic) bond motifs is 1. The minimum absolute atomic E-state index is 0.280. The van der Waals surface area contributed by atoms with Crippen molar-refractivity contribution in [1.29, 1.82) is 0 Å². The molecule has 1 saturated heterocycles. The van der Waals surface area contributed by atoms with Crippen molar-refractivity contribution in [3.05, 3.63) is 29.8 Å². The van der Waals surface area contributed by atoms with E-state index in [0.29, 0.717) is 12.3 Å². The maximum absolute atomic E-state index is 12.4. The summed E-state index contributed by atoms with van der Waals surface area (Å²) in [4.78, 5) is 14.3. The highest BCUT2D eigenvalue weighted by molar-refractivity contribution is 5.95. The van der Waals surface area contributed by atoms with E-state index in [1.54, 1.807) is 0 Å². The van der Waals surface area contributed by atoms with Gasteiger partial charge in [0.2, 0.25) is 5.91 Å². The van der Waals surface area contributed by atoms with Gasteiger partial charge in [-0.15, -0.1) is 0 Å². The van der Waals surface area contributed by atoms with Gasteiger partial charge < -0.3 is 10.2 Å². The lowest BCUT2D eigenvalue weighted by Gasteiger charge is -2.25. The van der Waals surface area contributed by atoms with Gasteiger partial charge in [0.1, 0.15) is 0 Å². The number of hydrogen-bond acceptors (Lipinski definition) is 2. The zero-order chi connectivity index (χ0) is 12.4. The number of amides is 1. The summed E-state index contributed by atoms with van der Waals surface area (Å²) in [7, 11) is 0. The van der Waals surface area contributed by atoms with Crippen LogP contribution in [0.1, 0.15) is 24.8 Å². The molecule has 1 atom stereocenters. The molecule has 3 heteroatoms. The Balaban J connectivity index is 1.67. The number of piperidine rings is 1. The predicted octanol–water partition coefficient (Wildman–Crippen LogP) is 1.77. The van der Waals surface area contributed by atoms with Crippen molar-refractivity contribution in [2.75, 3.05) is 24.5 Å². The summed E-state index contributed by atoms with van der Waals surface area (Å²) in [5, 5.41) is 3.37. The molecule has 0 bridgehead atoms. The van der Waals surface area contributed by atoms with Crippen molar-refractivity contribution >= 4 is 11.6 Å². The van der Waals surface area contributed by atoms with Crippen LogP contribution in [0.5, 0.6) is 0 Å². The summed E-state index contributed by atoms with van der Waals surface area (Å²) in [5.74, 6) is 0.796. The topological polar surface area (TPSA) is 32.3 Å². The van der Waals surface area contributed by atoms with Gasteiger partial charge >= 0.3 is 0 Å². The van der Waals surface area contributed by atoms with Crippen LogP contribution >= 0.6 is 0 Å². The first-order chi connectivity index (χ1) is 8.84. The molecule has 1 aromatic rings. The number of benzene rings is 1. The van der Waals surface area contributed by atoms with Crippen LogP contribution in [0.15, 0.2) is 18.2 Å². The molecule has 0 spiro atoms. The Kier molecular flexibility index (Phi) is 3.33. The molecule has 2 aliphatic heterocycles. The zero-order valence-corrected chi connectivity index (χ0v) is 10.6. The van der Waals surface area contributed by atoms with E-state index in [1.807, 2.05) is 17.0 Å². The molecule has 0 saturated carbocycles. The first-order valence-corrected chi connectivity index (χ1v) is 6.84. The summed E-state index contributed by atoms with van der Waals surface area (Å²) in [6, 6.07) is 9.02. The van der Waals surface area contributed by atoms with E-state index in [1.165, 1.54) is 18.4 Å². The molecular formula is C15H19N2O. The van der Waals surface area contributed by atoms with Crippen LogP contribution in [0, 0.1) is 12.0 Å². The maximum atomic E-state index is 12.4. The van der Waals surface area contributed by atoms with E-state index in [0.717, 1.165) is 31.7 Å². The third kappa shape index (κ3) is 2.27. The lowest BCUT2D eigenvalue weighted by Crippen LogP contribution is -2.36. The molecule has 1 aromatic carbocycles. The van der Waals surface area contributed by atoms with Gasteiger partial charge in [-0.2, -0.15) is 0 Å². The van der Waals surface area contributed by atoms with E-state index in [-0.39, 0.29) is 5.91 Å². The van der Waals surface area contributed by atoms with Crippen LogP contribution in [0.3, 0.4) is 0 Å². The van der Waals surface area contributed by atoms with Crippen LogP contribution < -0.4 is 10.2 Å². The van der Waals surface area contributed by atoms with E-state index in [9.17, 15) is 4.79 Å². The van der Waals surface area contributed by atoms with Crippen LogP contribution in [-0.4, -0.2) is 25.5 Å². The van der Waals surface area contributed by atoms with Crippen molar-refractivity contribution in [1.82, 2.24) is 5.32 Å². The van der Waals surface area contributed by atoms with Crippen LogP contribution in [0.2, 0.25) is 0 Å². The van der Waals surface area contributed by atoms with Gasteiger partial charge in [0.25, 0.3) is 0 Å². The fourth-order valence-electron chi connectivity index (χ4n) is 2.98. The molecule has 1 amide bonds. The first kappa shape index (κ1) is 11.7. The molecule has 2 aliphatic rings. The van der Waals surface area contributed by atoms with Gasteiger partial charge in [0.05, 0.1) is 0 Å². The van der Waals surface area contributed by atoms with Gasteiger partial charge in [-0.05, 0) is 56.0 Å². The smallest absolute Gasteiger partial charge is 0.227 e. The molecule has 2 heterocycles. The summed E-state index contributed by atoms with van der Waals surface area (Å²) in [5.41, 5.74) is 2.36. The Bertz CT molecular complexity index is 438. The molecule has 1 N–H and O–H groups in total. The summed E-state index contributed by atoms with van der Waals surface area (Å²) >= 11 is 0. The fraction of sp³-hybridized carbons (Fsp3) is 0.533. The number of anilines is 1. The average molecular weight is 243 g/mol. The van der Waals surface area contributed by atoms with Gasteiger partial charge in [-0.3, -0.25) is 4.79 Å². The second-order valence-electron chi connectivity index (χ2n) is 5.27. The summed E-state index contributed by atoms with van der Waals surface area (Å²) in [6.45, 7) is 2.94.